The molecule has 0 fully saturated rings. The van der Waals surface area contributed by atoms with E-state index in [1.165, 1.54) is 0 Å². The Balaban J connectivity index is 2.02. The van der Waals surface area contributed by atoms with Crippen LogP contribution < -0.4 is 0 Å². The van der Waals surface area contributed by atoms with Gasteiger partial charge in [0.05, 0.1) is 5.71 Å². The highest BCUT2D eigenvalue weighted by molar-refractivity contribution is 6.30. The highest BCUT2D eigenvalue weighted by atomic mass is 35.5. The first-order chi connectivity index (χ1) is 9.70. The second kappa shape index (κ2) is 6.87. The van der Waals surface area contributed by atoms with E-state index in [-0.39, 0.29) is 6.61 Å². The Bertz CT molecular complexity index is 621. The van der Waals surface area contributed by atoms with Gasteiger partial charge < -0.3 is 4.84 Å². The monoisotopic (exact) mass is 287 g/mol. The first kappa shape index (κ1) is 14.3. The van der Waals surface area contributed by atoms with Gasteiger partial charge in [0, 0.05) is 16.1 Å². The molecule has 0 N–H and O–H groups in total. The molecule has 2 aromatic rings. The predicted octanol–water partition coefficient (Wildman–Crippen LogP) is 4.09. The fourth-order valence-corrected chi connectivity index (χ4v) is 1.85. The highest BCUT2D eigenvalue weighted by Gasteiger charge is 2.01. The lowest BCUT2D eigenvalue weighted by atomic mass is 10.1. The van der Waals surface area contributed by atoms with Crippen LogP contribution in [0.25, 0.3) is 0 Å². The van der Waals surface area contributed by atoms with Gasteiger partial charge in [-0.3, -0.25) is 4.79 Å². The zero-order valence-corrected chi connectivity index (χ0v) is 11.8. The molecule has 4 heteroatoms. The summed E-state index contributed by atoms with van der Waals surface area (Å²) in [5, 5.41) is 4.74. The normalized spacial score (nSPS) is 11.2. The molecule has 20 heavy (non-hydrogen) atoms. The van der Waals surface area contributed by atoms with E-state index < -0.39 is 0 Å². The summed E-state index contributed by atoms with van der Waals surface area (Å²) in [7, 11) is 0. The van der Waals surface area contributed by atoms with Crippen LogP contribution in [-0.2, 0) is 11.4 Å². The van der Waals surface area contributed by atoms with Crippen LogP contribution >= 0.6 is 11.6 Å². The molecular formula is C16H14ClNO2. The third-order valence-corrected chi connectivity index (χ3v) is 3.12. The lowest BCUT2D eigenvalue weighted by Crippen LogP contribution is -1.98. The van der Waals surface area contributed by atoms with Crippen LogP contribution in [0, 0.1) is 0 Å². The Morgan fingerprint density at radius 2 is 1.90 bits per heavy atom. The molecule has 3 nitrogen and oxygen atoms in total. The van der Waals surface area contributed by atoms with Crippen molar-refractivity contribution in [2.45, 2.75) is 13.5 Å². The highest BCUT2D eigenvalue weighted by Crippen LogP contribution is 2.11. The van der Waals surface area contributed by atoms with Gasteiger partial charge in [0.1, 0.15) is 12.9 Å². The minimum absolute atomic E-state index is 0.264. The number of aldehydes is 1. The summed E-state index contributed by atoms with van der Waals surface area (Å²) in [6.07, 6.45) is 0.814. The summed E-state index contributed by atoms with van der Waals surface area (Å²) < 4.78 is 0. The molecule has 2 aromatic carbocycles. The Morgan fingerprint density at radius 1 is 1.20 bits per heavy atom. The fourth-order valence-electron chi connectivity index (χ4n) is 1.72. The van der Waals surface area contributed by atoms with E-state index in [9.17, 15) is 4.79 Å². The molecular weight excluding hydrogens is 274 g/mol. The number of carbonyl (C=O) groups excluding carboxylic acids is 1. The van der Waals surface area contributed by atoms with E-state index in [4.69, 9.17) is 16.4 Å². The maximum absolute atomic E-state index is 10.9. The van der Waals surface area contributed by atoms with E-state index in [1.54, 1.807) is 18.2 Å². The molecule has 0 saturated carbocycles. The van der Waals surface area contributed by atoms with Crippen LogP contribution in [0.3, 0.4) is 0 Å². The summed E-state index contributed by atoms with van der Waals surface area (Å²) in [4.78, 5) is 16.2. The standard InChI is InChI=1S/C16H14ClNO2/c1-12(13-6-8-16(17)9-7-13)18-20-11-15-5-3-2-4-14(15)10-19/h2-10H,11H2,1H3. The van der Waals surface area contributed by atoms with E-state index in [2.05, 4.69) is 5.16 Å². The fraction of sp³-hybridized carbons (Fsp3) is 0.125. The van der Waals surface area contributed by atoms with E-state index in [1.807, 2.05) is 37.3 Å². The minimum Gasteiger partial charge on any atom is -0.391 e. The number of nitrogens with zero attached hydrogens (tertiary/aromatic N) is 1. The lowest BCUT2D eigenvalue weighted by molar-refractivity contribution is 0.110. The predicted molar refractivity (Wildman–Crippen MR) is 80.3 cm³/mol. The van der Waals surface area contributed by atoms with E-state index >= 15 is 0 Å². The minimum atomic E-state index is 0.264. The summed E-state index contributed by atoms with van der Waals surface area (Å²) in [5.74, 6) is 0. The van der Waals surface area contributed by atoms with Crippen molar-refractivity contribution in [3.05, 3.63) is 70.2 Å². The van der Waals surface area contributed by atoms with E-state index in [0.29, 0.717) is 10.6 Å². The van der Waals surface area contributed by atoms with Crippen molar-refractivity contribution in [2.24, 2.45) is 5.16 Å². The molecule has 0 saturated heterocycles. The van der Waals surface area contributed by atoms with Crippen molar-refractivity contribution in [1.82, 2.24) is 0 Å². The Hall–Kier alpha value is -2.13. The number of benzene rings is 2. The molecule has 0 aliphatic rings. The van der Waals surface area contributed by atoms with Gasteiger partial charge in [0.15, 0.2) is 0 Å². The van der Waals surface area contributed by atoms with Crippen LogP contribution in [0.5, 0.6) is 0 Å². The van der Waals surface area contributed by atoms with Crippen molar-refractivity contribution in [1.29, 1.82) is 0 Å². The SMILES string of the molecule is CC(=NOCc1ccccc1C=O)c1ccc(Cl)cc1. The quantitative estimate of drug-likeness (QED) is 0.472. The molecule has 0 unspecified atom stereocenters. The van der Waals surface area contributed by atoms with Gasteiger partial charge in [0.25, 0.3) is 0 Å². The van der Waals surface area contributed by atoms with Crippen molar-refractivity contribution < 1.29 is 9.63 Å². The molecule has 0 aromatic heterocycles. The molecule has 0 amide bonds. The van der Waals surface area contributed by atoms with Crippen molar-refractivity contribution in [3.63, 3.8) is 0 Å². The topological polar surface area (TPSA) is 38.7 Å². The summed E-state index contributed by atoms with van der Waals surface area (Å²) >= 11 is 5.83. The van der Waals surface area contributed by atoms with Gasteiger partial charge in [0.2, 0.25) is 0 Å². The van der Waals surface area contributed by atoms with Crippen molar-refractivity contribution in [2.75, 3.05) is 0 Å². The molecule has 0 radical (unpaired) electrons. The number of oxime groups is 1. The second-order valence-corrected chi connectivity index (χ2v) is 4.71. The van der Waals surface area contributed by atoms with Crippen molar-refractivity contribution >= 4 is 23.6 Å². The summed E-state index contributed by atoms with van der Waals surface area (Å²) in [5.41, 5.74) is 3.13. The number of carbonyl (C=O) groups is 1. The first-order valence-corrected chi connectivity index (χ1v) is 6.54. The van der Waals surface area contributed by atoms with Crippen molar-refractivity contribution in [3.8, 4) is 0 Å². The number of hydrogen-bond donors (Lipinski definition) is 0. The largest absolute Gasteiger partial charge is 0.391 e. The third kappa shape index (κ3) is 3.68. The van der Waals surface area contributed by atoms with Gasteiger partial charge in [-0.05, 0) is 24.6 Å². The average molecular weight is 288 g/mol. The van der Waals surface area contributed by atoms with Gasteiger partial charge in [-0.1, -0.05) is 53.2 Å². The average Bonchev–Trinajstić information content (AvgIpc) is 2.48. The molecule has 102 valence electrons. The summed E-state index contributed by atoms with van der Waals surface area (Å²) in [6, 6.07) is 14.6. The van der Waals surface area contributed by atoms with E-state index in [0.717, 1.165) is 23.1 Å². The van der Waals surface area contributed by atoms with Gasteiger partial charge in [-0.25, -0.2) is 0 Å². The Morgan fingerprint density at radius 3 is 2.60 bits per heavy atom. The number of rotatable bonds is 5. The van der Waals surface area contributed by atoms with Crippen LogP contribution in [-0.4, -0.2) is 12.0 Å². The molecule has 0 aliphatic heterocycles. The Kier molecular flexibility index (Phi) is 4.91. The third-order valence-electron chi connectivity index (χ3n) is 2.87. The maximum Gasteiger partial charge on any atom is 0.150 e. The van der Waals surface area contributed by atoms with Crippen LogP contribution in [0.2, 0.25) is 5.02 Å². The summed E-state index contributed by atoms with van der Waals surface area (Å²) in [6.45, 7) is 2.12. The lowest BCUT2D eigenvalue weighted by Gasteiger charge is -2.05. The second-order valence-electron chi connectivity index (χ2n) is 4.27. The first-order valence-electron chi connectivity index (χ1n) is 6.16. The van der Waals surface area contributed by atoms with Gasteiger partial charge in [-0.15, -0.1) is 0 Å². The maximum atomic E-state index is 10.9. The molecule has 2 rings (SSSR count). The zero-order chi connectivity index (χ0) is 14.4. The van der Waals surface area contributed by atoms with Crippen LogP contribution in [0.4, 0.5) is 0 Å². The molecule has 0 atom stereocenters. The zero-order valence-electron chi connectivity index (χ0n) is 11.0. The van der Waals surface area contributed by atoms with Gasteiger partial charge >= 0.3 is 0 Å². The van der Waals surface area contributed by atoms with Gasteiger partial charge in [-0.2, -0.15) is 0 Å². The van der Waals surface area contributed by atoms with Crippen LogP contribution in [0.15, 0.2) is 53.7 Å². The Labute approximate surface area is 122 Å². The number of halogens is 1. The number of hydrogen-bond acceptors (Lipinski definition) is 3. The van der Waals surface area contributed by atoms with Crippen LogP contribution in [0.1, 0.15) is 28.4 Å². The smallest absolute Gasteiger partial charge is 0.150 e. The molecule has 0 bridgehead atoms. The molecule has 0 heterocycles. The molecule has 0 aliphatic carbocycles. The molecule has 0 spiro atoms.